The summed E-state index contributed by atoms with van der Waals surface area (Å²) in [7, 11) is 1.27. The van der Waals surface area contributed by atoms with E-state index in [1.54, 1.807) is 18.2 Å². The lowest BCUT2D eigenvalue weighted by Gasteiger charge is -2.13. The average molecular weight is 516 g/mol. The zero-order valence-corrected chi connectivity index (χ0v) is 20.0. The molecule has 0 aliphatic rings. The number of esters is 1. The van der Waals surface area contributed by atoms with E-state index in [9.17, 15) is 14.9 Å². The van der Waals surface area contributed by atoms with Crippen molar-refractivity contribution in [2.45, 2.75) is 6.61 Å². The van der Waals surface area contributed by atoms with Gasteiger partial charge >= 0.3 is 5.97 Å². The van der Waals surface area contributed by atoms with Crippen LogP contribution in [0.5, 0.6) is 5.75 Å². The fourth-order valence-corrected chi connectivity index (χ4v) is 3.71. The van der Waals surface area contributed by atoms with Crippen LogP contribution in [0.3, 0.4) is 0 Å². The highest BCUT2D eigenvalue weighted by molar-refractivity contribution is 6.36. The quantitative estimate of drug-likeness (QED) is 0.219. The Morgan fingerprint density at radius 2 is 1.76 bits per heavy atom. The molecule has 0 aliphatic heterocycles. The summed E-state index contributed by atoms with van der Waals surface area (Å²) in [5, 5.41) is 13.3. The molecule has 0 unspecified atom stereocenters. The molecule has 6 nitrogen and oxygen atoms in total. The molecule has 1 N–H and O–H groups in total. The molecule has 0 fully saturated rings. The standard InChI is InChI=1S/C25H17Cl3N2O4/c1-33-25(32)16-5-7-21(8-6-16)30-24(31)18(13-29)10-17-11-20(27)12-22(28)23(17)34-14-15-3-2-4-19(26)9-15/h2-12H,14H2,1H3,(H,30,31)/b18-10+. The van der Waals surface area contributed by atoms with Crippen molar-refractivity contribution in [3.05, 3.63) is 98.0 Å². The number of nitriles is 1. The Hall–Kier alpha value is -3.50. The summed E-state index contributed by atoms with van der Waals surface area (Å²) in [5.74, 6) is -0.905. The zero-order chi connectivity index (χ0) is 24.7. The van der Waals surface area contributed by atoms with Crippen LogP contribution in [-0.4, -0.2) is 19.0 Å². The second kappa shape index (κ2) is 11.6. The molecule has 3 aromatic carbocycles. The Morgan fingerprint density at radius 1 is 1.03 bits per heavy atom. The van der Waals surface area contributed by atoms with E-state index < -0.39 is 11.9 Å². The second-order valence-electron chi connectivity index (χ2n) is 6.92. The van der Waals surface area contributed by atoms with Crippen molar-refractivity contribution in [3.63, 3.8) is 0 Å². The normalized spacial score (nSPS) is 10.9. The summed E-state index contributed by atoms with van der Waals surface area (Å²) in [5.41, 5.74) is 1.67. The van der Waals surface area contributed by atoms with Crippen molar-refractivity contribution in [1.29, 1.82) is 5.26 Å². The first-order chi connectivity index (χ1) is 16.3. The van der Waals surface area contributed by atoms with Gasteiger partial charge in [0, 0.05) is 21.3 Å². The highest BCUT2D eigenvalue weighted by Crippen LogP contribution is 2.34. The lowest BCUT2D eigenvalue weighted by atomic mass is 10.1. The fraction of sp³-hybridized carbons (Fsp3) is 0.0800. The van der Waals surface area contributed by atoms with E-state index >= 15 is 0 Å². The van der Waals surface area contributed by atoms with E-state index in [0.29, 0.717) is 26.9 Å². The van der Waals surface area contributed by atoms with Crippen molar-refractivity contribution >= 4 is 58.4 Å². The van der Waals surface area contributed by atoms with Gasteiger partial charge in [0.1, 0.15) is 24.0 Å². The monoisotopic (exact) mass is 514 g/mol. The molecule has 0 atom stereocenters. The van der Waals surface area contributed by atoms with Gasteiger partial charge < -0.3 is 14.8 Å². The lowest BCUT2D eigenvalue weighted by molar-refractivity contribution is -0.112. The number of hydrogen-bond donors (Lipinski definition) is 1. The third kappa shape index (κ3) is 6.52. The van der Waals surface area contributed by atoms with Crippen molar-refractivity contribution in [3.8, 4) is 11.8 Å². The number of halogens is 3. The SMILES string of the molecule is COC(=O)c1ccc(NC(=O)/C(C#N)=C/c2cc(Cl)cc(Cl)c2OCc2cccc(Cl)c2)cc1. The first-order valence-corrected chi connectivity index (χ1v) is 10.9. The molecular weight excluding hydrogens is 499 g/mol. The summed E-state index contributed by atoms with van der Waals surface area (Å²) in [6.07, 6.45) is 1.34. The minimum Gasteiger partial charge on any atom is -0.487 e. The van der Waals surface area contributed by atoms with Gasteiger partial charge in [-0.05, 0) is 60.2 Å². The highest BCUT2D eigenvalue weighted by atomic mass is 35.5. The first-order valence-electron chi connectivity index (χ1n) is 9.78. The van der Waals surface area contributed by atoms with Gasteiger partial charge in [0.2, 0.25) is 0 Å². The molecule has 0 heterocycles. The molecule has 3 rings (SSSR count). The number of anilines is 1. The number of methoxy groups -OCH3 is 1. The van der Waals surface area contributed by atoms with Crippen LogP contribution < -0.4 is 10.1 Å². The Balaban J connectivity index is 1.84. The van der Waals surface area contributed by atoms with Crippen LogP contribution in [-0.2, 0) is 16.1 Å². The van der Waals surface area contributed by atoms with Crippen LogP contribution >= 0.6 is 34.8 Å². The Kier molecular flexibility index (Phi) is 8.55. The minimum atomic E-state index is -0.662. The summed E-state index contributed by atoms with van der Waals surface area (Å²) in [6.45, 7) is 0.156. The van der Waals surface area contributed by atoms with Crippen LogP contribution in [0, 0.1) is 11.3 Å². The predicted octanol–water partition coefficient (Wildman–Crippen LogP) is 6.56. The summed E-state index contributed by atoms with van der Waals surface area (Å²) in [6, 6.07) is 18.1. The van der Waals surface area contributed by atoms with Crippen LogP contribution in [0.15, 0.2) is 66.2 Å². The molecule has 3 aromatic rings. The smallest absolute Gasteiger partial charge is 0.337 e. The van der Waals surface area contributed by atoms with Gasteiger partial charge in [-0.2, -0.15) is 5.26 Å². The third-order valence-corrected chi connectivity index (χ3v) is 5.27. The molecule has 0 saturated carbocycles. The molecule has 34 heavy (non-hydrogen) atoms. The first kappa shape index (κ1) is 25.1. The molecule has 1 amide bonds. The number of benzene rings is 3. The number of nitrogens with zero attached hydrogens (tertiary/aromatic N) is 1. The topological polar surface area (TPSA) is 88.4 Å². The number of carbonyl (C=O) groups is 2. The summed E-state index contributed by atoms with van der Waals surface area (Å²) >= 11 is 18.5. The number of amides is 1. The molecule has 0 bridgehead atoms. The van der Waals surface area contributed by atoms with Gasteiger partial charge in [0.25, 0.3) is 5.91 Å². The fourth-order valence-electron chi connectivity index (χ4n) is 2.93. The second-order valence-corrected chi connectivity index (χ2v) is 8.20. The molecule has 0 radical (unpaired) electrons. The molecule has 0 aliphatic carbocycles. The molecule has 0 aromatic heterocycles. The number of rotatable bonds is 7. The van der Waals surface area contributed by atoms with Crippen molar-refractivity contribution in [1.82, 2.24) is 0 Å². The van der Waals surface area contributed by atoms with Crippen LogP contribution in [0.4, 0.5) is 5.69 Å². The average Bonchev–Trinajstić information content (AvgIpc) is 2.81. The molecule has 9 heteroatoms. The van der Waals surface area contributed by atoms with Gasteiger partial charge in [0.15, 0.2) is 0 Å². The van der Waals surface area contributed by atoms with Gasteiger partial charge in [-0.25, -0.2) is 4.79 Å². The van der Waals surface area contributed by atoms with Gasteiger partial charge in [-0.3, -0.25) is 4.79 Å². The van der Waals surface area contributed by atoms with Gasteiger partial charge in [-0.15, -0.1) is 0 Å². The van der Waals surface area contributed by atoms with E-state index in [0.717, 1.165) is 5.56 Å². The maximum atomic E-state index is 12.7. The zero-order valence-electron chi connectivity index (χ0n) is 17.8. The number of hydrogen-bond acceptors (Lipinski definition) is 5. The maximum absolute atomic E-state index is 12.7. The molecule has 172 valence electrons. The van der Waals surface area contributed by atoms with Crippen LogP contribution in [0.2, 0.25) is 15.1 Å². The third-order valence-electron chi connectivity index (χ3n) is 4.54. The van der Waals surface area contributed by atoms with Gasteiger partial charge in [0.05, 0.1) is 17.7 Å². The van der Waals surface area contributed by atoms with Crippen molar-refractivity contribution in [2.75, 3.05) is 12.4 Å². The van der Waals surface area contributed by atoms with E-state index in [-0.39, 0.29) is 23.0 Å². The van der Waals surface area contributed by atoms with Crippen LogP contribution in [0.25, 0.3) is 6.08 Å². The molecular formula is C25H17Cl3N2O4. The van der Waals surface area contributed by atoms with E-state index in [2.05, 4.69) is 10.1 Å². The molecule has 0 saturated heterocycles. The van der Waals surface area contributed by atoms with E-state index in [4.69, 9.17) is 39.5 Å². The predicted molar refractivity (Wildman–Crippen MR) is 132 cm³/mol. The largest absolute Gasteiger partial charge is 0.487 e. The van der Waals surface area contributed by atoms with Gasteiger partial charge in [-0.1, -0.05) is 46.9 Å². The number of nitrogens with one attached hydrogen (secondary N) is 1. The Labute approximate surface area is 211 Å². The summed E-state index contributed by atoms with van der Waals surface area (Å²) < 4.78 is 10.5. The Bertz CT molecular complexity index is 1300. The van der Waals surface area contributed by atoms with Crippen molar-refractivity contribution in [2.24, 2.45) is 0 Å². The summed E-state index contributed by atoms with van der Waals surface area (Å²) in [4.78, 5) is 24.3. The number of ether oxygens (including phenoxy) is 2. The van der Waals surface area contributed by atoms with Crippen molar-refractivity contribution < 1.29 is 19.1 Å². The minimum absolute atomic E-state index is 0.156. The highest BCUT2D eigenvalue weighted by Gasteiger charge is 2.15. The van der Waals surface area contributed by atoms with E-state index in [1.165, 1.54) is 49.6 Å². The van der Waals surface area contributed by atoms with E-state index in [1.807, 2.05) is 12.1 Å². The number of carbonyl (C=O) groups excluding carboxylic acids is 2. The Morgan fingerprint density at radius 3 is 2.41 bits per heavy atom. The maximum Gasteiger partial charge on any atom is 0.337 e. The molecule has 0 spiro atoms. The van der Waals surface area contributed by atoms with Crippen LogP contribution in [0.1, 0.15) is 21.5 Å². The lowest BCUT2D eigenvalue weighted by Crippen LogP contribution is -2.13.